The molecule has 0 aromatic heterocycles. The van der Waals surface area contributed by atoms with Crippen LogP contribution in [0.25, 0.3) is 0 Å². The molecule has 1 aliphatic rings. The zero-order valence-electron chi connectivity index (χ0n) is 12.1. The van der Waals surface area contributed by atoms with Gasteiger partial charge in [0.1, 0.15) is 0 Å². The molecule has 3 atom stereocenters. The summed E-state index contributed by atoms with van der Waals surface area (Å²) in [5.74, 6) is 2.76. The third-order valence-corrected chi connectivity index (χ3v) is 4.46. The van der Waals surface area contributed by atoms with Crippen molar-refractivity contribution in [2.75, 3.05) is 13.6 Å². The highest BCUT2D eigenvalue weighted by Gasteiger charge is 2.29. The third-order valence-electron chi connectivity index (χ3n) is 4.46. The van der Waals surface area contributed by atoms with Gasteiger partial charge in [0.15, 0.2) is 0 Å². The predicted molar refractivity (Wildman–Crippen MR) is 77.2 cm³/mol. The van der Waals surface area contributed by atoms with Gasteiger partial charge in [-0.1, -0.05) is 45.3 Å². The van der Waals surface area contributed by atoms with Crippen LogP contribution in [0.5, 0.6) is 0 Å². The molecule has 0 amide bonds. The highest BCUT2D eigenvalue weighted by atomic mass is 14.8. The second-order valence-corrected chi connectivity index (χ2v) is 5.85. The van der Waals surface area contributed by atoms with Crippen molar-refractivity contribution >= 4 is 0 Å². The fourth-order valence-corrected chi connectivity index (χ4v) is 3.39. The molecule has 0 heterocycles. The molecule has 1 saturated carbocycles. The quantitative estimate of drug-likeness (QED) is 0.647. The SMILES string of the molecule is C=C(CC)CC1CC(CCC)CCC1CNC. The molecule has 0 aromatic carbocycles. The van der Waals surface area contributed by atoms with E-state index in [1.54, 1.807) is 0 Å². The average Bonchev–Trinajstić information content (AvgIpc) is 2.33. The van der Waals surface area contributed by atoms with Gasteiger partial charge >= 0.3 is 0 Å². The lowest BCUT2D eigenvalue weighted by atomic mass is 9.70. The molecule has 1 N–H and O–H groups in total. The lowest BCUT2D eigenvalue weighted by molar-refractivity contribution is 0.169. The van der Waals surface area contributed by atoms with Crippen LogP contribution in [0.4, 0.5) is 0 Å². The Kier molecular flexibility index (Phi) is 6.87. The second-order valence-electron chi connectivity index (χ2n) is 5.85. The summed E-state index contributed by atoms with van der Waals surface area (Å²) < 4.78 is 0. The molecular formula is C16H31N. The van der Waals surface area contributed by atoms with Gasteiger partial charge in [-0.3, -0.25) is 0 Å². The normalized spacial score (nSPS) is 29.2. The first kappa shape index (κ1) is 14.8. The Morgan fingerprint density at radius 3 is 2.59 bits per heavy atom. The maximum Gasteiger partial charge on any atom is -0.00208 e. The van der Waals surface area contributed by atoms with Crippen molar-refractivity contribution in [2.45, 2.75) is 58.8 Å². The number of nitrogens with one attached hydrogen (secondary N) is 1. The summed E-state index contributed by atoms with van der Waals surface area (Å²) in [6.07, 6.45) is 9.52. The molecule has 1 rings (SSSR count). The van der Waals surface area contributed by atoms with Crippen LogP contribution >= 0.6 is 0 Å². The van der Waals surface area contributed by atoms with E-state index in [1.165, 1.54) is 50.6 Å². The molecule has 17 heavy (non-hydrogen) atoms. The molecule has 0 aromatic rings. The van der Waals surface area contributed by atoms with Crippen LogP contribution in [0.3, 0.4) is 0 Å². The first-order chi connectivity index (χ1) is 8.21. The molecule has 1 fully saturated rings. The number of rotatable bonds is 7. The van der Waals surface area contributed by atoms with E-state index < -0.39 is 0 Å². The summed E-state index contributed by atoms with van der Waals surface area (Å²) >= 11 is 0. The van der Waals surface area contributed by atoms with E-state index in [2.05, 4.69) is 32.8 Å². The van der Waals surface area contributed by atoms with Crippen LogP contribution in [0, 0.1) is 17.8 Å². The Morgan fingerprint density at radius 1 is 1.24 bits per heavy atom. The Bertz CT molecular complexity index is 222. The second kappa shape index (κ2) is 7.92. The maximum atomic E-state index is 4.21. The topological polar surface area (TPSA) is 12.0 Å². The molecule has 0 saturated heterocycles. The van der Waals surface area contributed by atoms with E-state index in [0.29, 0.717) is 0 Å². The van der Waals surface area contributed by atoms with Gasteiger partial charge in [-0.2, -0.15) is 0 Å². The fraction of sp³-hybridized carbons (Fsp3) is 0.875. The van der Waals surface area contributed by atoms with Gasteiger partial charge < -0.3 is 5.32 Å². The Labute approximate surface area is 108 Å². The van der Waals surface area contributed by atoms with Crippen molar-refractivity contribution in [2.24, 2.45) is 17.8 Å². The molecular weight excluding hydrogens is 206 g/mol. The average molecular weight is 237 g/mol. The van der Waals surface area contributed by atoms with Gasteiger partial charge in [-0.15, -0.1) is 0 Å². The molecule has 1 heteroatoms. The van der Waals surface area contributed by atoms with Gasteiger partial charge in [-0.05, 0) is 57.0 Å². The number of hydrogen-bond donors (Lipinski definition) is 1. The summed E-state index contributed by atoms with van der Waals surface area (Å²) in [4.78, 5) is 0. The van der Waals surface area contributed by atoms with Crippen LogP contribution in [0.15, 0.2) is 12.2 Å². The molecule has 0 spiro atoms. The van der Waals surface area contributed by atoms with Crippen LogP contribution in [-0.4, -0.2) is 13.6 Å². The molecule has 100 valence electrons. The van der Waals surface area contributed by atoms with E-state index in [9.17, 15) is 0 Å². The zero-order chi connectivity index (χ0) is 12.7. The van der Waals surface area contributed by atoms with Crippen LogP contribution in [0.1, 0.15) is 58.8 Å². The highest BCUT2D eigenvalue weighted by Crippen LogP contribution is 2.39. The van der Waals surface area contributed by atoms with Crippen LogP contribution < -0.4 is 5.32 Å². The fourth-order valence-electron chi connectivity index (χ4n) is 3.39. The van der Waals surface area contributed by atoms with Crippen LogP contribution in [-0.2, 0) is 0 Å². The van der Waals surface area contributed by atoms with Crippen molar-refractivity contribution in [3.63, 3.8) is 0 Å². The van der Waals surface area contributed by atoms with Gasteiger partial charge in [0, 0.05) is 0 Å². The van der Waals surface area contributed by atoms with Crippen LogP contribution in [0.2, 0.25) is 0 Å². The van der Waals surface area contributed by atoms with E-state index in [-0.39, 0.29) is 0 Å². The van der Waals surface area contributed by atoms with E-state index >= 15 is 0 Å². The van der Waals surface area contributed by atoms with Gasteiger partial charge in [-0.25, -0.2) is 0 Å². The third kappa shape index (κ3) is 4.83. The predicted octanol–water partition coefficient (Wildman–Crippen LogP) is 4.39. The van der Waals surface area contributed by atoms with Crippen molar-refractivity contribution < 1.29 is 0 Å². The minimum Gasteiger partial charge on any atom is -0.319 e. The first-order valence-corrected chi connectivity index (χ1v) is 7.52. The summed E-state index contributed by atoms with van der Waals surface area (Å²) in [7, 11) is 2.09. The Hall–Kier alpha value is -0.300. The summed E-state index contributed by atoms with van der Waals surface area (Å²) in [6, 6.07) is 0. The summed E-state index contributed by atoms with van der Waals surface area (Å²) in [6.45, 7) is 9.96. The minimum absolute atomic E-state index is 0.886. The molecule has 0 aliphatic heterocycles. The Morgan fingerprint density at radius 2 is 2.00 bits per heavy atom. The zero-order valence-corrected chi connectivity index (χ0v) is 12.1. The molecule has 1 nitrogen and oxygen atoms in total. The van der Waals surface area contributed by atoms with Crippen molar-refractivity contribution in [1.82, 2.24) is 5.32 Å². The Balaban J connectivity index is 2.52. The monoisotopic (exact) mass is 237 g/mol. The minimum atomic E-state index is 0.886. The highest BCUT2D eigenvalue weighted by molar-refractivity contribution is 4.97. The molecule has 0 bridgehead atoms. The lowest BCUT2D eigenvalue weighted by Gasteiger charge is -2.36. The van der Waals surface area contributed by atoms with Crippen molar-refractivity contribution in [3.05, 3.63) is 12.2 Å². The number of allylic oxidation sites excluding steroid dienone is 1. The van der Waals surface area contributed by atoms with E-state index in [1.807, 2.05) is 0 Å². The largest absolute Gasteiger partial charge is 0.319 e. The smallest absolute Gasteiger partial charge is 0.00208 e. The summed E-state index contributed by atoms with van der Waals surface area (Å²) in [5, 5.41) is 3.38. The van der Waals surface area contributed by atoms with E-state index in [4.69, 9.17) is 0 Å². The molecule has 0 radical (unpaired) electrons. The van der Waals surface area contributed by atoms with E-state index in [0.717, 1.165) is 24.2 Å². The first-order valence-electron chi connectivity index (χ1n) is 7.52. The molecule has 3 unspecified atom stereocenters. The van der Waals surface area contributed by atoms with Gasteiger partial charge in [0.05, 0.1) is 0 Å². The summed E-state index contributed by atoms with van der Waals surface area (Å²) in [5.41, 5.74) is 1.45. The standard InChI is InChI=1S/C16H31N/c1-5-7-14-8-9-15(12-17-4)16(11-14)10-13(3)6-2/h14-17H,3,5-12H2,1-2,4H3. The maximum absolute atomic E-state index is 4.21. The van der Waals surface area contributed by atoms with Crippen molar-refractivity contribution in [1.29, 1.82) is 0 Å². The number of hydrogen-bond acceptors (Lipinski definition) is 1. The lowest BCUT2D eigenvalue weighted by Crippen LogP contribution is -2.32. The van der Waals surface area contributed by atoms with Gasteiger partial charge in [0.2, 0.25) is 0 Å². The van der Waals surface area contributed by atoms with Crippen molar-refractivity contribution in [3.8, 4) is 0 Å². The molecule has 1 aliphatic carbocycles. The van der Waals surface area contributed by atoms with Gasteiger partial charge in [0.25, 0.3) is 0 Å².